The molecule has 2 aliphatic rings. The number of fused-ring (bicyclic) bond motifs is 1. The zero-order valence-corrected chi connectivity index (χ0v) is 17.2. The first-order chi connectivity index (χ1) is 14.3. The van der Waals surface area contributed by atoms with E-state index < -0.39 is 64.3 Å². The molecule has 0 bridgehead atoms. The number of aliphatic hydroxyl groups excluding tert-OH is 1. The molecule has 1 N–H and O–H groups in total. The predicted octanol–water partition coefficient (Wildman–Crippen LogP) is 0.792. The quantitative estimate of drug-likeness (QED) is 0.257. The minimum absolute atomic E-state index is 0.0563. The van der Waals surface area contributed by atoms with Crippen molar-refractivity contribution in [2.45, 2.75) is 27.7 Å². The van der Waals surface area contributed by atoms with Gasteiger partial charge in [0, 0.05) is 5.92 Å². The molecule has 10 nitrogen and oxygen atoms in total. The van der Waals surface area contributed by atoms with Crippen molar-refractivity contribution in [3.63, 3.8) is 0 Å². The number of carbonyl (C=O) groups is 5. The Balaban J connectivity index is 2.75. The number of hydrogen-bond acceptors (Lipinski definition) is 10. The normalized spacial score (nSPS) is 22.7. The van der Waals surface area contributed by atoms with Crippen LogP contribution in [0.4, 0.5) is 0 Å². The molecule has 0 radical (unpaired) electrons. The second-order valence-corrected chi connectivity index (χ2v) is 6.33. The molecule has 0 aliphatic heterocycles. The van der Waals surface area contributed by atoms with Gasteiger partial charge in [-0.2, -0.15) is 0 Å². The van der Waals surface area contributed by atoms with E-state index in [2.05, 4.69) is 0 Å². The first kappa shape index (κ1) is 23.1. The van der Waals surface area contributed by atoms with Crippen LogP contribution in [-0.4, -0.2) is 61.2 Å². The van der Waals surface area contributed by atoms with Gasteiger partial charge >= 0.3 is 23.9 Å². The fraction of sp³-hybridized carbons (Fsp3) is 0.550. The van der Waals surface area contributed by atoms with Crippen molar-refractivity contribution >= 4 is 29.7 Å². The molecule has 0 fully saturated rings. The van der Waals surface area contributed by atoms with Crippen molar-refractivity contribution in [2.75, 3.05) is 26.4 Å². The standard InChI is InChI=1S/C20H24O10/c1-5-27-17(23)11-9-10(13(15(11)21)19(25)29-7-3)14(20(26)30-8-4)16(22)12(9)18(24)28-6-2/h9,11,14,22H,5-8H2,1-4H3. The SMILES string of the molecule is CCOC(=O)C1=C2C(C(=O)OCC)C(O)=C(C(=O)OCC)C2C(C(=O)OCC)C1=O. The molecular formula is C20H24O10. The number of Topliss-reactive ketones (excluding diaryl/α,β-unsaturated/α-hetero) is 1. The summed E-state index contributed by atoms with van der Waals surface area (Å²) >= 11 is 0. The lowest BCUT2D eigenvalue weighted by Crippen LogP contribution is -2.32. The van der Waals surface area contributed by atoms with Crippen LogP contribution >= 0.6 is 0 Å². The number of aliphatic hydroxyl groups is 1. The topological polar surface area (TPSA) is 143 Å². The summed E-state index contributed by atoms with van der Waals surface area (Å²) < 4.78 is 19.8. The highest BCUT2D eigenvalue weighted by Gasteiger charge is 2.61. The highest BCUT2D eigenvalue weighted by molar-refractivity contribution is 6.27. The number of carbonyl (C=O) groups excluding carboxylic acids is 5. The second-order valence-electron chi connectivity index (χ2n) is 6.33. The van der Waals surface area contributed by atoms with Crippen LogP contribution in [0.5, 0.6) is 0 Å². The Morgan fingerprint density at radius 3 is 1.83 bits per heavy atom. The molecule has 2 aliphatic carbocycles. The fourth-order valence-corrected chi connectivity index (χ4v) is 3.69. The predicted molar refractivity (Wildman–Crippen MR) is 98.7 cm³/mol. The minimum atomic E-state index is -1.64. The lowest BCUT2D eigenvalue weighted by Gasteiger charge is -2.18. The van der Waals surface area contributed by atoms with Crippen LogP contribution in [0.25, 0.3) is 0 Å². The van der Waals surface area contributed by atoms with E-state index in [0.717, 1.165) is 0 Å². The Morgan fingerprint density at radius 2 is 1.30 bits per heavy atom. The first-order valence-corrected chi connectivity index (χ1v) is 9.65. The van der Waals surface area contributed by atoms with Gasteiger partial charge in [-0.05, 0) is 33.3 Å². The van der Waals surface area contributed by atoms with Crippen molar-refractivity contribution in [3.8, 4) is 0 Å². The average molecular weight is 424 g/mol. The van der Waals surface area contributed by atoms with Crippen molar-refractivity contribution in [1.29, 1.82) is 0 Å². The summed E-state index contributed by atoms with van der Waals surface area (Å²) in [5, 5.41) is 10.7. The molecule has 3 unspecified atom stereocenters. The van der Waals surface area contributed by atoms with Crippen LogP contribution in [0.15, 0.2) is 22.5 Å². The summed E-state index contributed by atoms with van der Waals surface area (Å²) in [6.07, 6.45) is 0. The number of hydrogen-bond donors (Lipinski definition) is 1. The molecule has 2 rings (SSSR count). The molecule has 0 amide bonds. The van der Waals surface area contributed by atoms with Crippen LogP contribution in [0, 0.1) is 17.8 Å². The maximum atomic E-state index is 13.0. The van der Waals surface area contributed by atoms with Crippen molar-refractivity contribution in [3.05, 3.63) is 22.5 Å². The Morgan fingerprint density at radius 1 is 0.800 bits per heavy atom. The molecule has 164 valence electrons. The van der Waals surface area contributed by atoms with Gasteiger partial charge in [-0.3, -0.25) is 14.4 Å². The van der Waals surface area contributed by atoms with E-state index in [4.69, 9.17) is 18.9 Å². The Labute approximate surface area is 172 Å². The van der Waals surface area contributed by atoms with Gasteiger partial charge < -0.3 is 24.1 Å². The summed E-state index contributed by atoms with van der Waals surface area (Å²) in [6.45, 7) is 5.83. The van der Waals surface area contributed by atoms with Crippen LogP contribution < -0.4 is 0 Å². The number of ketones is 1. The third-order valence-corrected chi connectivity index (χ3v) is 4.70. The van der Waals surface area contributed by atoms with Crippen LogP contribution in [0.1, 0.15) is 27.7 Å². The van der Waals surface area contributed by atoms with Gasteiger partial charge in [0.2, 0.25) is 0 Å². The monoisotopic (exact) mass is 424 g/mol. The van der Waals surface area contributed by atoms with Gasteiger partial charge in [0.15, 0.2) is 5.78 Å². The molecule has 0 aromatic rings. The van der Waals surface area contributed by atoms with E-state index in [9.17, 15) is 29.1 Å². The second kappa shape index (κ2) is 9.55. The highest BCUT2D eigenvalue weighted by atomic mass is 16.5. The molecule has 0 spiro atoms. The molecular weight excluding hydrogens is 400 g/mol. The molecule has 0 aromatic heterocycles. The summed E-state index contributed by atoms with van der Waals surface area (Å²) in [5.74, 6) is -10.4. The number of rotatable bonds is 8. The minimum Gasteiger partial charge on any atom is -0.510 e. The molecule has 30 heavy (non-hydrogen) atoms. The lowest BCUT2D eigenvalue weighted by molar-refractivity contribution is -0.152. The summed E-state index contributed by atoms with van der Waals surface area (Å²) in [6, 6.07) is 0. The Kier molecular flexibility index (Phi) is 7.36. The van der Waals surface area contributed by atoms with Crippen molar-refractivity contribution in [1.82, 2.24) is 0 Å². The maximum Gasteiger partial charge on any atom is 0.341 e. The summed E-state index contributed by atoms with van der Waals surface area (Å²) in [4.78, 5) is 63.3. The van der Waals surface area contributed by atoms with Crippen molar-refractivity contribution in [2.24, 2.45) is 17.8 Å². The molecule has 0 heterocycles. The zero-order valence-electron chi connectivity index (χ0n) is 17.2. The third kappa shape index (κ3) is 3.81. The average Bonchev–Trinajstić information content (AvgIpc) is 3.11. The van der Waals surface area contributed by atoms with Gasteiger partial charge in [-0.25, -0.2) is 9.59 Å². The van der Waals surface area contributed by atoms with Gasteiger partial charge in [0.25, 0.3) is 0 Å². The first-order valence-electron chi connectivity index (χ1n) is 9.65. The van der Waals surface area contributed by atoms with Gasteiger partial charge in [0.1, 0.15) is 23.2 Å². The van der Waals surface area contributed by atoms with Gasteiger partial charge in [0.05, 0.1) is 32.0 Å². The molecule has 3 atom stereocenters. The summed E-state index contributed by atoms with van der Waals surface area (Å²) in [5.41, 5.74) is -1.23. The smallest absolute Gasteiger partial charge is 0.341 e. The fourth-order valence-electron chi connectivity index (χ4n) is 3.69. The zero-order chi connectivity index (χ0) is 22.6. The van der Waals surface area contributed by atoms with E-state index in [0.29, 0.717) is 0 Å². The van der Waals surface area contributed by atoms with E-state index in [1.807, 2.05) is 0 Å². The van der Waals surface area contributed by atoms with Crippen LogP contribution in [0.3, 0.4) is 0 Å². The van der Waals surface area contributed by atoms with Crippen LogP contribution in [0.2, 0.25) is 0 Å². The number of esters is 4. The van der Waals surface area contributed by atoms with E-state index >= 15 is 0 Å². The molecule has 0 saturated heterocycles. The van der Waals surface area contributed by atoms with E-state index in [-0.39, 0.29) is 32.0 Å². The molecule has 0 saturated carbocycles. The maximum absolute atomic E-state index is 13.0. The third-order valence-electron chi connectivity index (χ3n) is 4.70. The van der Waals surface area contributed by atoms with Gasteiger partial charge in [-0.1, -0.05) is 0 Å². The Hall–Kier alpha value is -3.17. The summed E-state index contributed by atoms with van der Waals surface area (Å²) in [7, 11) is 0. The van der Waals surface area contributed by atoms with Gasteiger partial charge in [-0.15, -0.1) is 0 Å². The number of ether oxygens (including phenoxy) is 4. The molecule has 10 heteroatoms. The lowest BCUT2D eigenvalue weighted by atomic mass is 9.86. The van der Waals surface area contributed by atoms with E-state index in [1.54, 1.807) is 0 Å². The Bertz CT molecular complexity index is 835. The molecule has 0 aromatic carbocycles. The van der Waals surface area contributed by atoms with Crippen molar-refractivity contribution < 1.29 is 48.0 Å². The largest absolute Gasteiger partial charge is 0.510 e. The van der Waals surface area contributed by atoms with E-state index in [1.165, 1.54) is 27.7 Å². The highest BCUT2D eigenvalue weighted by Crippen LogP contribution is 2.52. The van der Waals surface area contributed by atoms with Crippen LogP contribution in [-0.2, 0) is 42.9 Å².